The van der Waals surface area contributed by atoms with Crippen molar-refractivity contribution in [3.63, 3.8) is 0 Å². The van der Waals surface area contributed by atoms with E-state index in [9.17, 15) is 28.5 Å². The number of aromatic nitrogens is 1. The Kier molecular flexibility index (Phi) is 5.19. The summed E-state index contributed by atoms with van der Waals surface area (Å²) >= 11 is 0. The SMILES string of the molecule is OC1[C@H](O)CN(C[C@@H]2CCN(c3cccnc3C(F)(F)F)C2)C[C@@H]1O. The van der Waals surface area contributed by atoms with E-state index < -0.39 is 30.2 Å². The molecule has 0 radical (unpaired) electrons. The maximum absolute atomic E-state index is 13.1. The Morgan fingerprint density at radius 2 is 1.80 bits per heavy atom. The summed E-state index contributed by atoms with van der Waals surface area (Å²) in [5.74, 6) is 0.121. The van der Waals surface area contributed by atoms with Gasteiger partial charge in [-0.25, -0.2) is 4.98 Å². The van der Waals surface area contributed by atoms with Gasteiger partial charge >= 0.3 is 6.18 Å². The van der Waals surface area contributed by atoms with Crippen LogP contribution in [0.5, 0.6) is 0 Å². The molecule has 2 saturated heterocycles. The molecule has 140 valence electrons. The number of likely N-dealkylation sites (tertiary alicyclic amines) is 1. The molecule has 0 bridgehead atoms. The van der Waals surface area contributed by atoms with Crippen LogP contribution in [0.15, 0.2) is 18.3 Å². The van der Waals surface area contributed by atoms with E-state index in [0.29, 0.717) is 19.6 Å². The summed E-state index contributed by atoms with van der Waals surface area (Å²) in [6, 6.07) is 2.93. The van der Waals surface area contributed by atoms with Gasteiger partial charge in [0.1, 0.15) is 6.10 Å². The Morgan fingerprint density at radius 3 is 2.44 bits per heavy atom. The number of anilines is 1. The number of nitrogens with zero attached hydrogens (tertiary/aromatic N) is 3. The molecule has 1 unspecified atom stereocenters. The summed E-state index contributed by atoms with van der Waals surface area (Å²) in [6.07, 6.45) is -5.82. The van der Waals surface area contributed by atoms with Crippen LogP contribution >= 0.6 is 0 Å². The Labute approximate surface area is 143 Å². The van der Waals surface area contributed by atoms with Crippen molar-refractivity contribution in [2.24, 2.45) is 5.92 Å². The summed E-state index contributed by atoms with van der Waals surface area (Å²) in [5.41, 5.74) is -0.783. The lowest BCUT2D eigenvalue weighted by molar-refractivity contribution is -0.140. The first-order valence-electron chi connectivity index (χ1n) is 8.29. The molecule has 2 aliphatic rings. The van der Waals surface area contributed by atoms with Crippen LogP contribution in [0, 0.1) is 5.92 Å². The summed E-state index contributed by atoms with van der Waals surface area (Å²) in [6.45, 7) is 2.00. The summed E-state index contributed by atoms with van der Waals surface area (Å²) < 4.78 is 39.4. The van der Waals surface area contributed by atoms with Crippen molar-refractivity contribution in [1.82, 2.24) is 9.88 Å². The van der Waals surface area contributed by atoms with E-state index in [0.717, 1.165) is 12.6 Å². The highest BCUT2D eigenvalue weighted by Crippen LogP contribution is 2.36. The molecule has 2 aliphatic heterocycles. The molecule has 0 amide bonds. The monoisotopic (exact) mass is 361 g/mol. The van der Waals surface area contributed by atoms with Crippen LogP contribution in [0.2, 0.25) is 0 Å². The molecule has 6 nitrogen and oxygen atoms in total. The summed E-state index contributed by atoms with van der Waals surface area (Å²) in [7, 11) is 0. The molecule has 3 N–H and O–H groups in total. The average molecular weight is 361 g/mol. The molecule has 4 atom stereocenters. The van der Waals surface area contributed by atoms with Crippen molar-refractivity contribution in [1.29, 1.82) is 0 Å². The fourth-order valence-electron chi connectivity index (χ4n) is 3.66. The maximum atomic E-state index is 13.1. The van der Waals surface area contributed by atoms with Crippen molar-refractivity contribution in [3.8, 4) is 0 Å². The van der Waals surface area contributed by atoms with Gasteiger partial charge in [-0.3, -0.25) is 4.90 Å². The molecule has 0 aromatic carbocycles. The average Bonchev–Trinajstić information content (AvgIpc) is 3.00. The van der Waals surface area contributed by atoms with E-state index >= 15 is 0 Å². The minimum atomic E-state index is -4.49. The van der Waals surface area contributed by atoms with Gasteiger partial charge < -0.3 is 20.2 Å². The van der Waals surface area contributed by atoms with E-state index in [2.05, 4.69) is 4.98 Å². The largest absolute Gasteiger partial charge is 0.435 e. The quantitative estimate of drug-likeness (QED) is 0.720. The van der Waals surface area contributed by atoms with Crippen LogP contribution in [0.3, 0.4) is 0 Å². The number of aliphatic hydroxyl groups is 3. The molecular formula is C16H22F3N3O3. The third-order valence-electron chi connectivity index (χ3n) is 4.88. The molecule has 9 heteroatoms. The van der Waals surface area contributed by atoms with Crippen LogP contribution in [-0.2, 0) is 6.18 Å². The number of halogens is 3. The second kappa shape index (κ2) is 7.06. The zero-order valence-corrected chi connectivity index (χ0v) is 13.6. The van der Waals surface area contributed by atoms with Crippen LogP contribution in [0.25, 0.3) is 0 Å². The standard InChI is InChI=1S/C16H22F3N3O3/c17-16(18,19)15-11(2-1-4-20-15)22-5-3-10(7-22)6-21-8-12(23)14(25)13(24)9-21/h1-2,4,10,12-14,23-25H,3,5-9H2/t10-,12-,13+,14?/m0/s1. The van der Waals surface area contributed by atoms with Crippen molar-refractivity contribution in [2.75, 3.05) is 37.6 Å². The fraction of sp³-hybridized carbons (Fsp3) is 0.688. The van der Waals surface area contributed by atoms with Crippen LogP contribution in [-0.4, -0.2) is 76.2 Å². The molecule has 0 spiro atoms. The van der Waals surface area contributed by atoms with Gasteiger partial charge in [-0.1, -0.05) is 0 Å². The topological polar surface area (TPSA) is 80.1 Å². The molecular weight excluding hydrogens is 339 g/mol. The molecule has 2 fully saturated rings. The smallest absolute Gasteiger partial charge is 0.389 e. The number of rotatable bonds is 3. The zero-order valence-electron chi connectivity index (χ0n) is 13.6. The zero-order chi connectivity index (χ0) is 18.2. The van der Waals surface area contributed by atoms with E-state index in [4.69, 9.17) is 0 Å². The third-order valence-corrected chi connectivity index (χ3v) is 4.88. The second-order valence-corrected chi connectivity index (χ2v) is 6.81. The Balaban J connectivity index is 1.63. The van der Waals surface area contributed by atoms with Crippen LogP contribution in [0.4, 0.5) is 18.9 Å². The van der Waals surface area contributed by atoms with Crippen molar-refractivity contribution >= 4 is 5.69 Å². The predicted molar refractivity (Wildman–Crippen MR) is 84.0 cm³/mol. The van der Waals surface area contributed by atoms with Crippen LogP contribution < -0.4 is 4.90 Å². The van der Waals surface area contributed by atoms with Gasteiger partial charge in [0.2, 0.25) is 0 Å². The number of piperidine rings is 1. The molecule has 3 heterocycles. The van der Waals surface area contributed by atoms with E-state index in [1.54, 1.807) is 4.90 Å². The summed E-state index contributed by atoms with van der Waals surface area (Å²) in [5, 5.41) is 29.1. The number of pyridine rings is 1. The van der Waals surface area contributed by atoms with E-state index in [1.807, 2.05) is 4.90 Å². The van der Waals surface area contributed by atoms with Gasteiger partial charge in [0, 0.05) is 38.9 Å². The third kappa shape index (κ3) is 4.05. The molecule has 0 aliphatic carbocycles. The van der Waals surface area contributed by atoms with E-state index in [1.165, 1.54) is 12.1 Å². The number of β-amino-alcohol motifs (C(OH)–C–C–N with tert-alkyl or cyclic N) is 2. The van der Waals surface area contributed by atoms with Gasteiger partial charge in [-0.05, 0) is 24.5 Å². The van der Waals surface area contributed by atoms with Gasteiger partial charge in [0.15, 0.2) is 5.69 Å². The normalized spacial score (nSPS) is 31.5. The molecule has 1 aromatic heterocycles. The van der Waals surface area contributed by atoms with Crippen molar-refractivity contribution in [3.05, 3.63) is 24.0 Å². The first-order valence-corrected chi connectivity index (χ1v) is 8.29. The van der Waals surface area contributed by atoms with Gasteiger partial charge in [-0.15, -0.1) is 0 Å². The van der Waals surface area contributed by atoms with Crippen molar-refractivity contribution < 1.29 is 28.5 Å². The first-order chi connectivity index (χ1) is 11.8. The second-order valence-electron chi connectivity index (χ2n) is 6.81. The van der Waals surface area contributed by atoms with Gasteiger partial charge in [0.05, 0.1) is 17.9 Å². The lowest BCUT2D eigenvalue weighted by Crippen LogP contribution is -2.56. The highest BCUT2D eigenvalue weighted by atomic mass is 19.4. The minimum absolute atomic E-state index is 0.0895. The molecule has 0 saturated carbocycles. The van der Waals surface area contributed by atoms with Gasteiger partial charge in [0.25, 0.3) is 0 Å². The van der Waals surface area contributed by atoms with E-state index in [-0.39, 0.29) is 24.7 Å². The maximum Gasteiger partial charge on any atom is 0.435 e. The number of aliphatic hydroxyl groups excluding tert-OH is 3. The lowest BCUT2D eigenvalue weighted by Gasteiger charge is -2.38. The summed E-state index contributed by atoms with van der Waals surface area (Å²) in [4.78, 5) is 7.03. The highest BCUT2D eigenvalue weighted by molar-refractivity contribution is 5.52. The molecule has 25 heavy (non-hydrogen) atoms. The first kappa shape index (κ1) is 18.4. The number of hydrogen-bond acceptors (Lipinski definition) is 6. The fourth-order valence-corrected chi connectivity index (χ4v) is 3.66. The lowest BCUT2D eigenvalue weighted by atomic mass is 10.00. The van der Waals surface area contributed by atoms with Crippen molar-refractivity contribution in [2.45, 2.75) is 30.9 Å². The Hall–Kier alpha value is -1.42. The minimum Gasteiger partial charge on any atom is -0.389 e. The molecule has 1 aromatic rings. The predicted octanol–water partition coefficient (Wildman–Crippen LogP) is 0.325. The Morgan fingerprint density at radius 1 is 1.12 bits per heavy atom. The van der Waals surface area contributed by atoms with Crippen LogP contribution in [0.1, 0.15) is 12.1 Å². The van der Waals surface area contributed by atoms with Gasteiger partial charge in [-0.2, -0.15) is 13.2 Å². The number of alkyl halides is 3. The number of hydrogen-bond donors (Lipinski definition) is 3. The Bertz CT molecular complexity index is 589. The highest BCUT2D eigenvalue weighted by Gasteiger charge is 2.39. The molecule has 3 rings (SSSR count).